The van der Waals surface area contributed by atoms with Crippen LogP contribution in [-0.2, 0) is 9.47 Å². The molecule has 0 spiro atoms. The molecule has 2 unspecified atom stereocenters. The molecule has 1 aliphatic heterocycles. The second-order valence-electron chi connectivity index (χ2n) is 3.02. The zero-order valence-electron chi connectivity index (χ0n) is 6.95. The van der Waals surface area contributed by atoms with Crippen LogP contribution >= 0.6 is 0 Å². The zero-order valence-corrected chi connectivity index (χ0v) is 6.95. The van der Waals surface area contributed by atoms with Crippen molar-refractivity contribution in [1.82, 2.24) is 0 Å². The van der Waals surface area contributed by atoms with Gasteiger partial charge in [-0.25, -0.2) is 0 Å². The number of ether oxygens (including phenoxy) is 2. The molecule has 0 aromatic rings. The second kappa shape index (κ2) is 4.70. The van der Waals surface area contributed by atoms with Crippen LogP contribution in [0.2, 0.25) is 0 Å². The quantitative estimate of drug-likeness (QED) is 0.456. The van der Waals surface area contributed by atoms with E-state index < -0.39 is 0 Å². The molecule has 0 aliphatic carbocycles. The third-order valence-corrected chi connectivity index (χ3v) is 1.62. The first-order valence-corrected chi connectivity index (χ1v) is 4.16. The summed E-state index contributed by atoms with van der Waals surface area (Å²) >= 11 is 0. The van der Waals surface area contributed by atoms with Gasteiger partial charge in [0.1, 0.15) is 6.10 Å². The summed E-state index contributed by atoms with van der Waals surface area (Å²) in [5.41, 5.74) is 0. The second-order valence-corrected chi connectivity index (χ2v) is 3.02. The Hall–Kier alpha value is -0.120. The van der Waals surface area contributed by atoms with E-state index in [0.29, 0.717) is 6.10 Å². The van der Waals surface area contributed by atoms with Crippen LogP contribution in [0.4, 0.5) is 0 Å². The molecule has 3 heteroatoms. The average Bonchev–Trinajstić information content (AvgIpc) is 2.70. The van der Waals surface area contributed by atoms with Crippen molar-refractivity contribution in [1.29, 1.82) is 0 Å². The van der Waals surface area contributed by atoms with Crippen LogP contribution in [0, 0.1) is 0 Å². The SMILES string of the molecule is CC(O)CCCOCC1CO1. The number of rotatable bonds is 6. The van der Waals surface area contributed by atoms with Crippen molar-refractivity contribution in [3.63, 3.8) is 0 Å². The smallest absolute Gasteiger partial charge is 0.104 e. The molecule has 11 heavy (non-hydrogen) atoms. The maximum absolute atomic E-state index is 8.89. The molecule has 0 aromatic heterocycles. The third kappa shape index (κ3) is 5.18. The molecule has 1 aliphatic rings. The first-order valence-electron chi connectivity index (χ1n) is 4.16. The molecule has 3 nitrogen and oxygen atoms in total. The first kappa shape index (κ1) is 8.97. The molecule has 66 valence electrons. The van der Waals surface area contributed by atoms with Gasteiger partial charge >= 0.3 is 0 Å². The summed E-state index contributed by atoms with van der Waals surface area (Å²) < 4.78 is 10.2. The Morgan fingerprint density at radius 2 is 2.45 bits per heavy atom. The van der Waals surface area contributed by atoms with E-state index >= 15 is 0 Å². The highest BCUT2D eigenvalue weighted by molar-refractivity contribution is 4.67. The molecular formula is C8H16O3. The maximum atomic E-state index is 8.89. The van der Waals surface area contributed by atoms with E-state index in [1.807, 2.05) is 0 Å². The largest absolute Gasteiger partial charge is 0.393 e. The number of hydrogen-bond acceptors (Lipinski definition) is 3. The van der Waals surface area contributed by atoms with Gasteiger partial charge in [-0.15, -0.1) is 0 Å². The number of epoxide rings is 1. The highest BCUT2D eigenvalue weighted by Gasteiger charge is 2.21. The molecule has 0 bridgehead atoms. The maximum Gasteiger partial charge on any atom is 0.104 e. The van der Waals surface area contributed by atoms with Gasteiger partial charge in [0.05, 0.1) is 19.3 Å². The van der Waals surface area contributed by atoms with Crippen molar-refractivity contribution in [3.8, 4) is 0 Å². The van der Waals surface area contributed by atoms with Crippen LogP contribution in [0.15, 0.2) is 0 Å². The van der Waals surface area contributed by atoms with E-state index in [4.69, 9.17) is 14.6 Å². The minimum Gasteiger partial charge on any atom is -0.393 e. The fraction of sp³-hybridized carbons (Fsp3) is 1.00. The van der Waals surface area contributed by atoms with E-state index in [0.717, 1.165) is 32.7 Å². The predicted octanol–water partition coefficient (Wildman–Crippen LogP) is 0.563. The summed E-state index contributed by atoms with van der Waals surface area (Å²) in [6, 6.07) is 0. The van der Waals surface area contributed by atoms with Crippen LogP contribution in [0.3, 0.4) is 0 Å². The molecule has 0 amide bonds. The topological polar surface area (TPSA) is 42.0 Å². The lowest BCUT2D eigenvalue weighted by Crippen LogP contribution is -2.06. The molecule has 1 N–H and O–H groups in total. The highest BCUT2D eigenvalue weighted by Crippen LogP contribution is 2.08. The average molecular weight is 160 g/mol. The normalized spacial score (nSPS) is 25.1. The van der Waals surface area contributed by atoms with E-state index in [1.165, 1.54) is 0 Å². The Kier molecular flexibility index (Phi) is 3.83. The van der Waals surface area contributed by atoms with Crippen molar-refractivity contribution in [2.75, 3.05) is 19.8 Å². The van der Waals surface area contributed by atoms with E-state index in [-0.39, 0.29) is 6.10 Å². The van der Waals surface area contributed by atoms with Crippen molar-refractivity contribution in [2.24, 2.45) is 0 Å². The summed E-state index contributed by atoms with van der Waals surface area (Å²) in [5, 5.41) is 8.89. The Balaban J connectivity index is 1.73. The Labute approximate surface area is 67.3 Å². The van der Waals surface area contributed by atoms with Crippen molar-refractivity contribution < 1.29 is 14.6 Å². The Morgan fingerprint density at radius 1 is 1.73 bits per heavy atom. The Morgan fingerprint density at radius 3 is 3.00 bits per heavy atom. The summed E-state index contributed by atoms with van der Waals surface area (Å²) in [7, 11) is 0. The summed E-state index contributed by atoms with van der Waals surface area (Å²) in [4.78, 5) is 0. The van der Waals surface area contributed by atoms with Crippen LogP contribution in [0.25, 0.3) is 0 Å². The molecule has 1 rings (SSSR count). The number of aliphatic hydroxyl groups excluding tert-OH is 1. The molecule has 1 saturated heterocycles. The van der Waals surface area contributed by atoms with Crippen molar-refractivity contribution in [3.05, 3.63) is 0 Å². The molecule has 0 radical (unpaired) electrons. The van der Waals surface area contributed by atoms with Gasteiger partial charge in [-0.1, -0.05) is 0 Å². The number of aliphatic hydroxyl groups is 1. The summed E-state index contributed by atoms with van der Waals surface area (Å²) in [5.74, 6) is 0. The summed E-state index contributed by atoms with van der Waals surface area (Å²) in [6.45, 7) is 4.12. The van der Waals surface area contributed by atoms with Crippen LogP contribution < -0.4 is 0 Å². The summed E-state index contributed by atoms with van der Waals surface area (Å²) in [6.07, 6.45) is 1.92. The van der Waals surface area contributed by atoms with Gasteiger partial charge in [0.25, 0.3) is 0 Å². The fourth-order valence-electron chi connectivity index (χ4n) is 0.860. The van der Waals surface area contributed by atoms with E-state index in [2.05, 4.69) is 0 Å². The minimum atomic E-state index is -0.198. The van der Waals surface area contributed by atoms with Gasteiger partial charge in [-0.3, -0.25) is 0 Å². The lowest BCUT2D eigenvalue weighted by atomic mass is 10.2. The minimum absolute atomic E-state index is 0.198. The molecule has 1 fully saturated rings. The predicted molar refractivity (Wildman–Crippen MR) is 41.5 cm³/mol. The lowest BCUT2D eigenvalue weighted by molar-refractivity contribution is 0.0995. The van der Waals surface area contributed by atoms with Crippen LogP contribution in [-0.4, -0.2) is 37.1 Å². The van der Waals surface area contributed by atoms with Gasteiger partial charge in [0, 0.05) is 6.61 Å². The van der Waals surface area contributed by atoms with E-state index in [1.54, 1.807) is 6.92 Å². The molecule has 0 saturated carbocycles. The molecule has 2 atom stereocenters. The molecule has 0 aromatic carbocycles. The van der Waals surface area contributed by atoms with Crippen LogP contribution in [0.5, 0.6) is 0 Å². The Bertz CT molecular complexity index is 95.5. The lowest BCUT2D eigenvalue weighted by Gasteiger charge is -2.03. The highest BCUT2D eigenvalue weighted by atomic mass is 16.6. The van der Waals surface area contributed by atoms with Gasteiger partial charge < -0.3 is 14.6 Å². The van der Waals surface area contributed by atoms with Gasteiger partial charge in [-0.05, 0) is 19.8 Å². The van der Waals surface area contributed by atoms with Crippen molar-refractivity contribution >= 4 is 0 Å². The monoisotopic (exact) mass is 160 g/mol. The van der Waals surface area contributed by atoms with Crippen LogP contribution in [0.1, 0.15) is 19.8 Å². The first-order chi connectivity index (χ1) is 5.29. The third-order valence-electron chi connectivity index (χ3n) is 1.62. The van der Waals surface area contributed by atoms with Crippen molar-refractivity contribution in [2.45, 2.75) is 32.0 Å². The van der Waals surface area contributed by atoms with Gasteiger partial charge in [0.15, 0.2) is 0 Å². The van der Waals surface area contributed by atoms with Gasteiger partial charge in [-0.2, -0.15) is 0 Å². The molecular weight excluding hydrogens is 144 g/mol. The zero-order chi connectivity index (χ0) is 8.10. The fourth-order valence-corrected chi connectivity index (χ4v) is 0.860. The standard InChI is InChI=1S/C8H16O3/c1-7(9)3-2-4-10-5-8-6-11-8/h7-9H,2-6H2,1H3. The molecule has 1 heterocycles. The number of hydrogen-bond donors (Lipinski definition) is 1. The van der Waals surface area contributed by atoms with Gasteiger partial charge in [0.2, 0.25) is 0 Å². The van der Waals surface area contributed by atoms with E-state index in [9.17, 15) is 0 Å².